The van der Waals surface area contributed by atoms with E-state index in [1.807, 2.05) is 43.3 Å². The summed E-state index contributed by atoms with van der Waals surface area (Å²) >= 11 is 0. The number of methoxy groups -OCH3 is 2. The number of ether oxygens (including phenoxy) is 3. The van der Waals surface area contributed by atoms with Crippen LogP contribution >= 0.6 is 0 Å². The lowest BCUT2D eigenvalue weighted by Gasteiger charge is -2.38. The number of anilines is 1. The Bertz CT molecular complexity index is 822. The van der Waals surface area contributed by atoms with Crippen molar-refractivity contribution in [2.24, 2.45) is 0 Å². The van der Waals surface area contributed by atoms with Crippen molar-refractivity contribution in [2.75, 3.05) is 39.6 Å². The minimum absolute atomic E-state index is 0.154. The summed E-state index contributed by atoms with van der Waals surface area (Å²) in [6, 6.07) is 11.6. The van der Waals surface area contributed by atoms with Crippen LogP contribution in [0.15, 0.2) is 36.4 Å². The molecule has 2 aromatic rings. The summed E-state index contributed by atoms with van der Waals surface area (Å²) in [7, 11) is 3.25. The molecule has 3 rings (SSSR count). The second kappa shape index (κ2) is 8.31. The van der Waals surface area contributed by atoms with E-state index in [0.29, 0.717) is 23.8 Å². The summed E-state index contributed by atoms with van der Waals surface area (Å²) in [5, 5.41) is 0. The topological polar surface area (TPSA) is 74.0 Å². The van der Waals surface area contributed by atoms with Gasteiger partial charge in [0.1, 0.15) is 0 Å². The fourth-order valence-corrected chi connectivity index (χ4v) is 3.66. The number of fused-ring (bicyclic) bond motifs is 1. The quantitative estimate of drug-likeness (QED) is 0.623. The molecule has 0 fully saturated rings. The van der Waals surface area contributed by atoms with E-state index >= 15 is 0 Å². The van der Waals surface area contributed by atoms with Gasteiger partial charge >= 0.3 is 5.97 Å². The van der Waals surface area contributed by atoms with Crippen molar-refractivity contribution in [3.63, 3.8) is 0 Å². The van der Waals surface area contributed by atoms with E-state index in [9.17, 15) is 4.79 Å². The predicted molar refractivity (Wildman–Crippen MR) is 104 cm³/mol. The van der Waals surface area contributed by atoms with Crippen LogP contribution in [0, 0.1) is 0 Å². The number of carbonyl (C=O) groups excluding carboxylic acids is 1. The van der Waals surface area contributed by atoms with Crippen LogP contribution in [0.3, 0.4) is 0 Å². The Kier molecular flexibility index (Phi) is 5.86. The van der Waals surface area contributed by atoms with E-state index in [0.717, 1.165) is 24.1 Å². The number of rotatable bonds is 6. The standard InChI is InChI=1S/C21H26N2O4/c1-4-27-20(24)13-23-10-9-14-11-18(25-2)19(26-3)12-16(14)21(23)15-7-5-6-8-17(15)22/h5-8,11-12,21H,4,9-10,13,22H2,1-3H3. The fraction of sp³-hybridized carbons (Fsp3) is 0.381. The fourth-order valence-electron chi connectivity index (χ4n) is 3.66. The third kappa shape index (κ3) is 3.85. The molecule has 1 heterocycles. The number of hydrogen-bond donors (Lipinski definition) is 1. The van der Waals surface area contributed by atoms with Crippen molar-refractivity contribution in [2.45, 2.75) is 19.4 Å². The Hall–Kier alpha value is -2.73. The maximum atomic E-state index is 12.2. The van der Waals surface area contributed by atoms with Gasteiger partial charge in [-0.1, -0.05) is 18.2 Å². The van der Waals surface area contributed by atoms with Crippen LogP contribution in [0.5, 0.6) is 11.5 Å². The molecule has 0 saturated carbocycles. The molecule has 1 aliphatic rings. The Labute approximate surface area is 159 Å². The van der Waals surface area contributed by atoms with Gasteiger partial charge in [0.05, 0.1) is 33.4 Å². The first kappa shape index (κ1) is 19.0. The Morgan fingerprint density at radius 1 is 1.15 bits per heavy atom. The average molecular weight is 370 g/mol. The molecule has 0 aromatic heterocycles. The summed E-state index contributed by atoms with van der Waals surface area (Å²) in [5.74, 6) is 1.13. The highest BCUT2D eigenvalue weighted by atomic mass is 16.5. The van der Waals surface area contributed by atoms with Gasteiger partial charge in [-0.25, -0.2) is 0 Å². The smallest absolute Gasteiger partial charge is 0.320 e. The van der Waals surface area contributed by atoms with Crippen LogP contribution in [0.1, 0.15) is 29.7 Å². The van der Waals surface area contributed by atoms with E-state index in [-0.39, 0.29) is 18.6 Å². The third-order valence-corrected chi connectivity index (χ3v) is 4.90. The van der Waals surface area contributed by atoms with E-state index in [1.165, 1.54) is 5.56 Å². The molecule has 0 aliphatic carbocycles. The normalized spacial score (nSPS) is 16.5. The second-order valence-electron chi connectivity index (χ2n) is 6.46. The zero-order chi connectivity index (χ0) is 19.4. The summed E-state index contributed by atoms with van der Waals surface area (Å²) in [6.07, 6.45) is 0.804. The van der Waals surface area contributed by atoms with Crippen molar-refractivity contribution in [3.8, 4) is 11.5 Å². The summed E-state index contributed by atoms with van der Waals surface area (Å²) in [6.45, 7) is 3.11. The first-order chi connectivity index (χ1) is 13.1. The van der Waals surface area contributed by atoms with Crippen LogP contribution in [-0.4, -0.2) is 44.8 Å². The van der Waals surface area contributed by atoms with Gasteiger partial charge in [0.25, 0.3) is 0 Å². The van der Waals surface area contributed by atoms with Crippen molar-refractivity contribution in [1.82, 2.24) is 4.90 Å². The number of nitrogen functional groups attached to an aromatic ring is 1. The van der Waals surface area contributed by atoms with Gasteiger partial charge in [0, 0.05) is 12.2 Å². The highest BCUT2D eigenvalue weighted by Crippen LogP contribution is 2.42. The molecule has 0 saturated heterocycles. The lowest BCUT2D eigenvalue weighted by atomic mass is 9.87. The maximum Gasteiger partial charge on any atom is 0.320 e. The molecule has 1 aliphatic heterocycles. The maximum absolute atomic E-state index is 12.2. The molecule has 2 aromatic carbocycles. The van der Waals surface area contributed by atoms with Gasteiger partial charge < -0.3 is 19.9 Å². The molecule has 144 valence electrons. The number of nitrogens with zero attached hydrogens (tertiary/aromatic N) is 1. The van der Waals surface area contributed by atoms with Crippen LogP contribution in [0.2, 0.25) is 0 Å². The molecular formula is C21H26N2O4. The van der Waals surface area contributed by atoms with Gasteiger partial charge in [-0.15, -0.1) is 0 Å². The molecular weight excluding hydrogens is 344 g/mol. The molecule has 0 spiro atoms. The Balaban J connectivity index is 2.09. The van der Waals surface area contributed by atoms with Gasteiger partial charge in [0.2, 0.25) is 0 Å². The van der Waals surface area contributed by atoms with E-state index in [1.54, 1.807) is 14.2 Å². The summed E-state index contributed by atoms with van der Waals surface area (Å²) < 4.78 is 16.1. The monoisotopic (exact) mass is 370 g/mol. The van der Waals surface area contributed by atoms with E-state index < -0.39 is 0 Å². The van der Waals surface area contributed by atoms with Crippen molar-refractivity contribution in [3.05, 3.63) is 53.1 Å². The SMILES string of the molecule is CCOC(=O)CN1CCc2cc(OC)c(OC)cc2C1c1ccccc1N. The van der Waals surface area contributed by atoms with Gasteiger partial charge in [-0.05, 0) is 48.2 Å². The number of carbonyl (C=O) groups is 1. The lowest BCUT2D eigenvalue weighted by Crippen LogP contribution is -2.40. The minimum Gasteiger partial charge on any atom is -0.493 e. The van der Waals surface area contributed by atoms with Gasteiger partial charge in [-0.2, -0.15) is 0 Å². The van der Waals surface area contributed by atoms with E-state index in [4.69, 9.17) is 19.9 Å². The first-order valence-electron chi connectivity index (χ1n) is 9.07. The highest BCUT2D eigenvalue weighted by molar-refractivity contribution is 5.72. The number of nitrogens with two attached hydrogens (primary N) is 1. The zero-order valence-electron chi connectivity index (χ0n) is 16.0. The highest BCUT2D eigenvalue weighted by Gasteiger charge is 2.32. The molecule has 0 radical (unpaired) electrons. The largest absolute Gasteiger partial charge is 0.493 e. The molecule has 1 atom stereocenters. The van der Waals surface area contributed by atoms with Crippen molar-refractivity contribution in [1.29, 1.82) is 0 Å². The van der Waals surface area contributed by atoms with Gasteiger partial charge in [0.15, 0.2) is 11.5 Å². The van der Waals surface area contributed by atoms with Crippen molar-refractivity contribution >= 4 is 11.7 Å². The molecule has 0 bridgehead atoms. The second-order valence-corrected chi connectivity index (χ2v) is 6.46. The molecule has 6 nitrogen and oxygen atoms in total. The zero-order valence-corrected chi connectivity index (χ0v) is 16.0. The predicted octanol–water partition coefficient (Wildman–Crippen LogP) is 2.80. The minimum atomic E-state index is -0.235. The van der Waals surface area contributed by atoms with E-state index in [2.05, 4.69) is 4.90 Å². The van der Waals surface area contributed by atoms with Crippen molar-refractivity contribution < 1.29 is 19.0 Å². The third-order valence-electron chi connectivity index (χ3n) is 4.90. The number of hydrogen-bond acceptors (Lipinski definition) is 6. The molecule has 1 unspecified atom stereocenters. The number of esters is 1. The first-order valence-corrected chi connectivity index (χ1v) is 9.07. The van der Waals surface area contributed by atoms with Crippen LogP contribution in [0.25, 0.3) is 0 Å². The lowest BCUT2D eigenvalue weighted by molar-refractivity contribution is -0.145. The van der Waals surface area contributed by atoms with Gasteiger partial charge in [-0.3, -0.25) is 9.69 Å². The molecule has 0 amide bonds. The van der Waals surface area contributed by atoms with Crippen LogP contribution in [-0.2, 0) is 16.0 Å². The molecule has 2 N–H and O–H groups in total. The summed E-state index contributed by atoms with van der Waals surface area (Å²) in [4.78, 5) is 14.3. The number of para-hydroxylation sites is 1. The average Bonchev–Trinajstić information content (AvgIpc) is 2.67. The van der Waals surface area contributed by atoms with Crippen LogP contribution < -0.4 is 15.2 Å². The van der Waals surface area contributed by atoms with Crippen LogP contribution in [0.4, 0.5) is 5.69 Å². The number of benzene rings is 2. The molecule has 6 heteroatoms. The Morgan fingerprint density at radius 2 is 1.85 bits per heavy atom. The Morgan fingerprint density at radius 3 is 2.52 bits per heavy atom. The summed E-state index contributed by atoms with van der Waals surface area (Å²) in [5.41, 5.74) is 10.2. The molecule has 27 heavy (non-hydrogen) atoms.